The fourth-order valence-corrected chi connectivity index (χ4v) is 5.28. The molecule has 25 heavy (non-hydrogen) atoms. The van der Waals surface area contributed by atoms with Crippen molar-refractivity contribution in [1.82, 2.24) is 4.98 Å². The van der Waals surface area contributed by atoms with Crippen LogP contribution < -0.4 is 0 Å². The molecule has 1 aromatic heterocycles. The molecule has 0 aliphatic rings. The number of aromatic nitrogens is 1. The van der Waals surface area contributed by atoms with Gasteiger partial charge >= 0.3 is 0 Å². The van der Waals surface area contributed by atoms with Crippen LogP contribution in [0.2, 0.25) is 30.1 Å². The molecule has 0 radical (unpaired) electrons. The molecular formula is C16H5Cl6NOS. The Bertz CT molecular complexity index is 954. The lowest BCUT2D eigenvalue weighted by Crippen LogP contribution is -1.88. The van der Waals surface area contributed by atoms with E-state index >= 15 is 0 Å². The molecule has 2 nitrogen and oxygen atoms in total. The molecule has 2 aromatic carbocycles. The van der Waals surface area contributed by atoms with Crippen LogP contribution in [0.25, 0.3) is 21.8 Å². The monoisotopic (exact) mass is 469 g/mol. The number of carbonyl (C=O) groups is 1. The molecule has 0 unspecified atom stereocenters. The summed E-state index contributed by atoms with van der Waals surface area (Å²) in [5.41, 5.74) is 1.23. The van der Waals surface area contributed by atoms with Crippen molar-refractivity contribution in [2.45, 2.75) is 0 Å². The van der Waals surface area contributed by atoms with E-state index in [1.165, 1.54) is 12.1 Å². The van der Waals surface area contributed by atoms with Crippen molar-refractivity contribution in [3.8, 4) is 21.8 Å². The second-order valence-electron chi connectivity index (χ2n) is 4.84. The summed E-state index contributed by atoms with van der Waals surface area (Å²) in [6.45, 7) is 0. The average Bonchev–Trinajstić information content (AvgIpc) is 2.88. The van der Waals surface area contributed by atoms with Gasteiger partial charge in [0.1, 0.15) is 5.01 Å². The summed E-state index contributed by atoms with van der Waals surface area (Å²) in [6.07, 6.45) is 0.676. The van der Waals surface area contributed by atoms with Crippen LogP contribution in [0, 0.1) is 0 Å². The lowest BCUT2D eigenvalue weighted by atomic mass is 10.1. The lowest BCUT2D eigenvalue weighted by molar-refractivity contribution is 0.112. The molecule has 0 aliphatic heterocycles. The molecule has 3 rings (SSSR count). The minimum absolute atomic E-state index is 0.283. The molecule has 9 heteroatoms. The number of hydrogen-bond acceptors (Lipinski definition) is 3. The van der Waals surface area contributed by atoms with Gasteiger partial charge in [0, 0.05) is 21.2 Å². The number of hydrogen-bond donors (Lipinski definition) is 0. The quantitative estimate of drug-likeness (QED) is 0.360. The van der Waals surface area contributed by atoms with Gasteiger partial charge in [-0.15, -0.1) is 11.3 Å². The molecule has 0 saturated carbocycles. The van der Waals surface area contributed by atoms with E-state index in [4.69, 9.17) is 69.6 Å². The van der Waals surface area contributed by atoms with Crippen LogP contribution in [-0.2, 0) is 0 Å². The highest BCUT2D eigenvalue weighted by molar-refractivity contribution is 7.17. The van der Waals surface area contributed by atoms with Crippen molar-refractivity contribution in [2.24, 2.45) is 0 Å². The minimum atomic E-state index is 0.283. The van der Waals surface area contributed by atoms with E-state index in [-0.39, 0.29) is 10.0 Å². The van der Waals surface area contributed by atoms with Crippen molar-refractivity contribution in [3.63, 3.8) is 0 Å². The molecular weight excluding hydrogens is 467 g/mol. The average molecular weight is 472 g/mol. The highest BCUT2D eigenvalue weighted by Crippen LogP contribution is 2.44. The molecule has 0 bridgehead atoms. The number of aldehydes is 1. The van der Waals surface area contributed by atoms with E-state index in [2.05, 4.69) is 4.98 Å². The van der Waals surface area contributed by atoms with Gasteiger partial charge in [0.25, 0.3) is 0 Å². The Labute approximate surface area is 177 Å². The first-order valence-corrected chi connectivity index (χ1v) is 9.66. The van der Waals surface area contributed by atoms with E-state index in [9.17, 15) is 4.79 Å². The first-order chi connectivity index (χ1) is 11.8. The van der Waals surface area contributed by atoms with Gasteiger partial charge in [-0.1, -0.05) is 69.6 Å². The molecule has 128 valence electrons. The van der Waals surface area contributed by atoms with Crippen LogP contribution >= 0.6 is 80.9 Å². The summed E-state index contributed by atoms with van der Waals surface area (Å²) in [7, 11) is 0. The Kier molecular flexibility index (Phi) is 5.86. The number of benzene rings is 2. The zero-order chi connectivity index (χ0) is 18.3. The summed E-state index contributed by atoms with van der Waals surface area (Å²) < 4.78 is 0. The van der Waals surface area contributed by atoms with Gasteiger partial charge in [-0.2, -0.15) is 0 Å². The third-order valence-corrected chi connectivity index (χ3v) is 5.85. The van der Waals surface area contributed by atoms with E-state index in [0.717, 1.165) is 11.3 Å². The number of carbonyl (C=O) groups excluding carboxylic acids is 1. The van der Waals surface area contributed by atoms with Crippen LogP contribution in [0.1, 0.15) is 9.67 Å². The lowest BCUT2D eigenvalue weighted by Gasteiger charge is -2.06. The third-order valence-electron chi connectivity index (χ3n) is 3.22. The zero-order valence-corrected chi connectivity index (χ0v) is 17.3. The summed E-state index contributed by atoms with van der Waals surface area (Å²) in [5.74, 6) is 0. The smallest absolute Gasteiger partial charge is 0.162 e. The summed E-state index contributed by atoms with van der Waals surface area (Å²) >= 11 is 38.0. The van der Waals surface area contributed by atoms with Crippen LogP contribution in [0.5, 0.6) is 0 Å². The first-order valence-electron chi connectivity index (χ1n) is 6.57. The van der Waals surface area contributed by atoms with Gasteiger partial charge in [0.2, 0.25) is 0 Å². The normalized spacial score (nSPS) is 11.0. The van der Waals surface area contributed by atoms with Crippen molar-refractivity contribution in [3.05, 3.63) is 59.3 Å². The van der Waals surface area contributed by atoms with Crippen molar-refractivity contribution < 1.29 is 4.79 Å². The van der Waals surface area contributed by atoms with Gasteiger partial charge in [0.15, 0.2) is 6.29 Å². The molecule has 0 N–H and O–H groups in total. The maximum absolute atomic E-state index is 11.5. The predicted molar refractivity (Wildman–Crippen MR) is 108 cm³/mol. The summed E-state index contributed by atoms with van der Waals surface area (Å²) in [4.78, 5) is 16.4. The third kappa shape index (κ3) is 3.79. The van der Waals surface area contributed by atoms with Gasteiger partial charge in [-0.3, -0.25) is 4.79 Å². The maximum Gasteiger partial charge on any atom is 0.162 e. The highest BCUT2D eigenvalue weighted by Gasteiger charge is 2.22. The Balaban J connectivity index is 2.25. The van der Waals surface area contributed by atoms with E-state index in [1.807, 2.05) is 0 Å². The molecule has 0 fully saturated rings. The Morgan fingerprint density at radius 3 is 1.64 bits per heavy atom. The first kappa shape index (κ1) is 19.2. The molecule has 0 saturated heterocycles. The topological polar surface area (TPSA) is 30.0 Å². The molecule has 0 atom stereocenters. The van der Waals surface area contributed by atoms with Crippen molar-refractivity contribution in [1.29, 1.82) is 0 Å². The van der Waals surface area contributed by atoms with Gasteiger partial charge in [-0.25, -0.2) is 4.98 Å². The molecule has 0 amide bonds. The molecule has 1 heterocycles. The van der Waals surface area contributed by atoms with E-state index < -0.39 is 0 Å². The predicted octanol–water partition coefficient (Wildman–Crippen LogP) is 8.21. The minimum Gasteiger partial charge on any atom is -0.297 e. The van der Waals surface area contributed by atoms with Crippen LogP contribution in [0.15, 0.2) is 24.3 Å². The van der Waals surface area contributed by atoms with E-state index in [1.54, 1.807) is 12.1 Å². The van der Waals surface area contributed by atoms with Crippen molar-refractivity contribution >= 4 is 87.2 Å². The van der Waals surface area contributed by atoms with Crippen LogP contribution in [0.4, 0.5) is 0 Å². The fourth-order valence-electron chi connectivity index (χ4n) is 2.21. The Morgan fingerprint density at radius 1 is 0.760 bits per heavy atom. The standard InChI is InChI=1S/C16H5Cl6NOS/c17-6-1-8(19)13(9(20)2-6)15-12(5-24)25-16(23-15)14-10(21)3-7(18)4-11(14)22/h1-5H. The summed E-state index contributed by atoms with van der Waals surface area (Å²) in [6, 6.07) is 6.16. The highest BCUT2D eigenvalue weighted by atomic mass is 35.5. The largest absolute Gasteiger partial charge is 0.297 e. The number of thiazole rings is 1. The molecule has 3 aromatic rings. The van der Waals surface area contributed by atoms with Gasteiger partial charge in [-0.05, 0) is 24.3 Å². The van der Waals surface area contributed by atoms with Crippen molar-refractivity contribution in [2.75, 3.05) is 0 Å². The second-order valence-corrected chi connectivity index (χ2v) is 8.37. The number of nitrogens with zero attached hydrogens (tertiary/aromatic N) is 1. The number of rotatable bonds is 3. The Hall–Kier alpha value is -0.520. The summed E-state index contributed by atoms with van der Waals surface area (Å²) in [5, 5.41) is 2.44. The van der Waals surface area contributed by atoms with Gasteiger partial charge in [0.05, 0.1) is 30.7 Å². The SMILES string of the molecule is O=Cc1sc(-c2c(Cl)cc(Cl)cc2Cl)nc1-c1c(Cl)cc(Cl)cc1Cl. The van der Waals surface area contributed by atoms with Crippen LogP contribution in [0.3, 0.4) is 0 Å². The maximum atomic E-state index is 11.5. The Morgan fingerprint density at radius 2 is 1.20 bits per heavy atom. The van der Waals surface area contributed by atoms with Gasteiger partial charge < -0.3 is 0 Å². The molecule has 0 spiro atoms. The molecule has 0 aliphatic carbocycles. The van der Waals surface area contributed by atoms with E-state index in [0.29, 0.717) is 53.1 Å². The number of halogens is 6. The second kappa shape index (κ2) is 7.61. The fraction of sp³-hybridized carbons (Fsp3) is 0. The zero-order valence-electron chi connectivity index (χ0n) is 11.9. The van der Waals surface area contributed by atoms with Crippen LogP contribution in [-0.4, -0.2) is 11.3 Å².